The summed E-state index contributed by atoms with van der Waals surface area (Å²) in [6.45, 7) is 19.2. The Hall–Kier alpha value is -2.31. The van der Waals surface area contributed by atoms with Crippen LogP contribution in [-0.2, 0) is 28.2 Å². The summed E-state index contributed by atoms with van der Waals surface area (Å²) in [7, 11) is 0. The molecule has 0 saturated heterocycles. The molecule has 3 aromatic rings. The number of benzene rings is 3. The van der Waals surface area contributed by atoms with E-state index in [4.69, 9.17) is 0 Å². The molecular formula is C41H43Cl2Zr. The van der Waals surface area contributed by atoms with Crippen molar-refractivity contribution in [2.24, 2.45) is 10.8 Å². The third-order valence-corrected chi connectivity index (χ3v) is 13.5. The van der Waals surface area contributed by atoms with E-state index in [0.717, 1.165) is 6.42 Å². The first-order valence-corrected chi connectivity index (χ1v) is 17.8. The monoisotopic (exact) mass is 695 g/mol. The van der Waals surface area contributed by atoms with Crippen LogP contribution in [0.25, 0.3) is 8.85 Å². The third kappa shape index (κ3) is 5.98. The first-order chi connectivity index (χ1) is 19.9. The smallest absolute Gasteiger partial charge is 1.00 e. The molecule has 3 aliphatic rings. The molecule has 6 rings (SSSR count). The van der Waals surface area contributed by atoms with E-state index in [-0.39, 0.29) is 41.1 Å². The Labute approximate surface area is 288 Å². The van der Waals surface area contributed by atoms with Gasteiger partial charge in [0, 0.05) is 0 Å². The Morgan fingerprint density at radius 3 is 1.84 bits per heavy atom. The van der Waals surface area contributed by atoms with Crippen LogP contribution < -0.4 is 35.3 Å². The van der Waals surface area contributed by atoms with Crippen LogP contribution in [0, 0.1) is 10.8 Å². The second-order valence-electron chi connectivity index (χ2n) is 14.3. The quantitative estimate of drug-likeness (QED) is 0.394. The summed E-state index contributed by atoms with van der Waals surface area (Å²) in [4.78, 5) is 0. The van der Waals surface area contributed by atoms with Crippen LogP contribution in [0.4, 0.5) is 0 Å². The van der Waals surface area contributed by atoms with Crippen LogP contribution in [0.3, 0.4) is 0 Å². The van der Waals surface area contributed by atoms with E-state index in [1.165, 1.54) is 43.8 Å². The van der Waals surface area contributed by atoms with E-state index < -0.39 is 22.8 Å². The molecule has 0 fully saturated rings. The topological polar surface area (TPSA) is 0 Å². The number of allylic oxidation sites excluding steroid dienone is 8. The van der Waals surface area contributed by atoms with Gasteiger partial charge in [-0.3, -0.25) is 0 Å². The summed E-state index contributed by atoms with van der Waals surface area (Å²) in [6, 6.07) is 29.7. The Morgan fingerprint density at radius 2 is 1.34 bits per heavy atom. The van der Waals surface area contributed by atoms with E-state index in [2.05, 4.69) is 159 Å². The molecule has 0 nitrogen and oxygen atoms in total. The average molecular weight is 698 g/mol. The molecular weight excluding hydrogens is 655 g/mol. The fourth-order valence-corrected chi connectivity index (χ4v) is 10.7. The third-order valence-electron chi connectivity index (χ3n) is 9.62. The summed E-state index contributed by atoms with van der Waals surface area (Å²) >= 11 is -1.33. The van der Waals surface area contributed by atoms with Crippen molar-refractivity contribution in [1.29, 1.82) is 0 Å². The molecule has 0 amide bonds. The molecule has 3 heteroatoms. The van der Waals surface area contributed by atoms with E-state index in [1.807, 2.05) is 0 Å². The van der Waals surface area contributed by atoms with Crippen LogP contribution in [0.15, 0.2) is 125 Å². The fraction of sp³-hybridized carbons (Fsp3) is 0.293. The van der Waals surface area contributed by atoms with Gasteiger partial charge in [0.25, 0.3) is 0 Å². The number of fused-ring (bicyclic) bond motifs is 2. The Kier molecular flexibility index (Phi) is 10.1. The minimum absolute atomic E-state index is 0. The molecule has 225 valence electrons. The van der Waals surface area contributed by atoms with Gasteiger partial charge in [-0.05, 0) is 0 Å². The SMILES string of the molecule is CC1=CC(C)(C(C)(C)C)C(C2=CC=CC2)=C2[C]([Zr+2]=[C](c3ccccc3)c3ccccc3)=c3cc(C(C)(C)C)ccc3=C12.[Cl-].[Cl-]. The van der Waals surface area contributed by atoms with Crippen LogP contribution in [0.2, 0.25) is 0 Å². The van der Waals surface area contributed by atoms with Gasteiger partial charge in [-0.2, -0.15) is 0 Å². The molecule has 0 spiro atoms. The molecule has 0 saturated carbocycles. The molecule has 1 unspecified atom stereocenters. The van der Waals surface area contributed by atoms with Crippen LogP contribution in [-0.4, -0.2) is 3.21 Å². The van der Waals surface area contributed by atoms with Crippen molar-refractivity contribution in [1.82, 2.24) is 0 Å². The zero-order valence-corrected chi connectivity index (χ0v) is 31.2. The standard InChI is InChI=1S/C28H33.C13H10.2ClH.Zr/c1-18-17-28(8,27(5,6)7)25(19-11-9-10-12-19)23-16-20-15-21(26(2,3)4)13-14-22(20)24(18)23;1-3-7-12(8-4-1)11-13-9-5-2-6-10-13;;;/h9-11,13-15,17H,12H2,1-8H3;1-10H;2*1H;/q;;;;+2/p-2. The summed E-state index contributed by atoms with van der Waals surface area (Å²) in [5, 5.41) is 2.92. The average Bonchev–Trinajstić information content (AvgIpc) is 3.58. The van der Waals surface area contributed by atoms with Gasteiger partial charge in [-0.1, -0.05) is 0 Å². The predicted molar refractivity (Wildman–Crippen MR) is 177 cm³/mol. The predicted octanol–water partition coefficient (Wildman–Crippen LogP) is 2.81. The van der Waals surface area contributed by atoms with Crippen LogP contribution in [0.1, 0.15) is 78.5 Å². The zero-order chi connectivity index (χ0) is 29.9. The summed E-state index contributed by atoms with van der Waals surface area (Å²) in [5.74, 6) is 0. The van der Waals surface area contributed by atoms with Crippen LogP contribution >= 0.6 is 0 Å². The van der Waals surface area contributed by atoms with Gasteiger partial charge in [-0.25, -0.2) is 0 Å². The molecule has 1 atom stereocenters. The van der Waals surface area contributed by atoms with Gasteiger partial charge in [0.05, 0.1) is 0 Å². The minimum Gasteiger partial charge on any atom is -1.00 e. The Bertz CT molecular complexity index is 1810. The normalized spacial score (nSPS) is 18.9. The first kappa shape index (κ1) is 34.6. The van der Waals surface area contributed by atoms with E-state index in [0.29, 0.717) is 0 Å². The summed E-state index contributed by atoms with van der Waals surface area (Å²) in [6.07, 6.45) is 10.6. The molecule has 0 N–H and O–H groups in total. The molecule has 0 aromatic heterocycles. The Balaban J connectivity index is 0.00000221. The minimum atomic E-state index is -1.33. The van der Waals surface area contributed by atoms with Crippen molar-refractivity contribution >= 4 is 12.1 Å². The largest absolute Gasteiger partial charge is 1.00 e. The maximum atomic E-state index is 2.61. The maximum Gasteiger partial charge on any atom is -1.00 e. The van der Waals surface area contributed by atoms with E-state index in [9.17, 15) is 0 Å². The van der Waals surface area contributed by atoms with Gasteiger partial charge in [0.15, 0.2) is 0 Å². The number of rotatable bonds is 4. The van der Waals surface area contributed by atoms with E-state index >= 15 is 0 Å². The van der Waals surface area contributed by atoms with Gasteiger partial charge in [0.2, 0.25) is 0 Å². The number of hydrogen-bond acceptors (Lipinski definition) is 0. The molecule has 44 heavy (non-hydrogen) atoms. The summed E-state index contributed by atoms with van der Waals surface area (Å²) in [5.41, 5.74) is 11.8. The van der Waals surface area contributed by atoms with Crippen molar-refractivity contribution < 1.29 is 47.6 Å². The number of hydrogen-bond donors (Lipinski definition) is 0. The molecule has 3 aliphatic carbocycles. The maximum absolute atomic E-state index is 2.61. The zero-order valence-electron chi connectivity index (χ0n) is 27.3. The second-order valence-corrected chi connectivity index (χ2v) is 17.4. The number of halogens is 2. The van der Waals surface area contributed by atoms with Gasteiger partial charge < -0.3 is 24.8 Å². The van der Waals surface area contributed by atoms with Gasteiger partial charge in [0.1, 0.15) is 0 Å². The van der Waals surface area contributed by atoms with Crippen molar-refractivity contribution in [2.75, 3.05) is 0 Å². The van der Waals surface area contributed by atoms with Crippen molar-refractivity contribution in [3.05, 3.63) is 153 Å². The first-order valence-electron chi connectivity index (χ1n) is 15.4. The molecule has 3 aromatic carbocycles. The Morgan fingerprint density at radius 1 is 0.750 bits per heavy atom. The summed E-state index contributed by atoms with van der Waals surface area (Å²) < 4.78 is 3.20. The van der Waals surface area contributed by atoms with Crippen molar-refractivity contribution in [3.8, 4) is 0 Å². The van der Waals surface area contributed by atoms with Crippen molar-refractivity contribution in [3.63, 3.8) is 0 Å². The molecule has 0 heterocycles. The molecule has 0 radical (unpaired) electrons. The molecule has 0 aliphatic heterocycles. The van der Waals surface area contributed by atoms with E-state index in [1.54, 1.807) is 17.6 Å². The van der Waals surface area contributed by atoms with Gasteiger partial charge >= 0.3 is 265 Å². The van der Waals surface area contributed by atoms with Crippen molar-refractivity contribution in [2.45, 2.75) is 67.2 Å². The second kappa shape index (κ2) is 12.8. The van der Waals surface area contributed by atoms with Crippen LogP contribution in [0.5, 0.6) is 0 Å². The fourth-order valence-electron chi connectivity index (χ4n) is 6.82. The van der Waals surface area contributed by atoms with Gasteiger partial charge in [-0.15, -0.1) is 0 Å². The molecule has 0 bridgehead atoms.